The van der Waals surface area contributed by atoms with Crippen molar-refractivity contribution < 1.29 is 57.4 Å². The Balaban J connectivity index is 4.93. The molecule has 45 heavy (non-hydrogen) atoms. The number of ether oxygens (including phenoxy) is 2. The summed E-state index contributed by atoms with van der Waals surface area (Å²) in [5.41, 5.74) is 5.21. The molecule has 0 radical (unpaired) electrons. The first-order valence-corrected chi connectivity index (χ1v) is 14.0. The number of esters is 2. The molecule has 0 heterocycles. The van der Waals surface area contributed by atoms with Crippen LogP contribution in [0.15, 0.2) is 0 Å². The van der Waals surface area contributed by atoms with Gasteiger partial charge in [-0.3, -0.25) is 47.9 Å². The minimum atomic E-state index is -0.841. The molecule has 0 atom stereocenters. The molecule has 0 unspecified atom stereocenters. The summed E-state index contributed by atoms with van der Waals surface area (Å²) < 4.78 is 9.05. The van der Waals surface area contributed by atoms with E-state index in [1.165, 1.54) is 0 Å². The van der Waals surface area contributed by atoms with Gasteiger partial charge in [-0.2, -0.15) is 0 Å². The van der Waals surface area contributed by atoms with E-state index in [4.69, 9.17) is 5.73 Å². The van der Waals surface area contributed by atoms with Crippen LogP contribution in [0.1, 0.15) is 45.4 Å². The van der Waals surface area contributed by atoms with Crippen LogP contribution in [0.2, 0.25) is 0 Å². The van der Waals surface area contributed by atoms with E-state index in [-0.39, 0.29) is 44.6 Å². The van der Waals surface area contributed by atoms with Crippen molar-refractivity contribution in [1.82, 2.24) is 25.8 Å². The summed E-state index contributed by atoms with van der Waals surface area (Å²) in [6, 6.07) is 0. The number of Topliss-reactive ketones (excluding diaryl/α,β-unsaturated/α-hetero) is 3. The standard InChI is InChI=1S/C27H42N6O12/c1-4-29-21(37)8-5-19(35)12-30-22(38)15-33(17-27(43)45-3)25(41)10-7-20(36)13-31-23(39)14-32(16-26(42)44-2)24(40)9-6-18(34)11-28/h4-17,28H2,1-3H3,(H,29,37)(H,30,38)(H,31,39). The number of amides is 5. The monoisotopic (exact) mass is 642 g/mol. The van der Waals surface area contributed by atoms with Crippen molar-refractivity contribution in [2.24, 2.45) is 5.73 Å². The Morgan fingerprint density at radius 3 is 1.31 bits per heavy atom. The highest BCUT2D eigenvalue weighted by molar-refractivity contribution is 5.94. The Bertz CT molecular complexity index is 1110. The Labute approximate surface area is 260 Å². The molecule has 0 aromatic carbocycles. The molecule has 0 aromatic heterocycles. The number of carbonyl (C=O) groups is 10. The van der Waals surface area contributed by atoms with Crippen LogP contribution in [0.25, 0.3) is 0 Å². The van der Waals surface area contributed by atoms with Crippen LogP contribution in [-0.4, -0.2) is 135 Å². The lowest BCUT2D eigenvalue weighted by atomic mass is 10.2. The lowest BCUT2D eigenvalue weighted by molar-refractivity contribution is -0.148. The number of hydrogen-bond donors (Lipinski definition) is 4. The molecule has 0 fully saturated rings. The zero-order chi connectivity index (χ0) is 34.4. The molecule has 0 bridgehead atoms. The van der Waals surface area contributed by atoms with Crippen molar-refractivity contribution in [2.45, 2.75) is 45.4 Å². The summed E-state index contributed by atoms with van der Waals surface area (Å²) in [4.78, 5) is 122. The second-order valence-corrected chi connectivity index (χ2v) is 9.48. The molecule has 5 amide bonds. The summed E-state index contributed by atoms with van der Waals surface area (Å²) in [7, 11) is 2.16. The molecule has 0 spiro atoms. The predicted molar refractivity (Wildman–Crippen MR) is 154 cm³/mol. The summed E-state index contributed by atoms with van der Waals surface area (Å²) in [6.45, 7) is -1.49. The lowest BCUT2D eigenvalue weighted by Crippen LogP contribution is -2.45. The first-order chi connectivity index (χ1) is 21.3. The van der Waals surface area contributed by atoms with Gasteiger partial charge in [0.25, 0.3) is 0 Å². The van der Waals surface area contributed by atoms with Gasteiger partial charge in [-0.05, 0) is 6.92 Å². The van der Waals surface area contributed by atoms with E-state index in [2.05, 4.69) is 25.4 Å². The summed E-state index contributed by atoms with van der Waals surface area (Å²) in [5, 5.41) is 7.12. The number of methoxy groups -OCH3 is 2. The largest absolute Gasteiger partial charge is 0.468 e. The molecule has 252 valence electrons. The minimum Gasteiger partial charge on any atom is -0.468 e. The lowest BCUT2D eigenvalue weighted by Gasteiger charge is -2.21. The van der Waals surface area contributed by atoms with Gasteiger partial charge >= 0.3 is 11.9 Å². The fourth-order valence-electron chi connectivity index (χ4n) is 3.38. The van der Waals surface area contributed by atoms with Gasteiger partial charge in [0, 0.05) is 45.1 Å². The van der Waals surface area contributed by atoms with Crippen LogP contribution in [0.5, 0.6) is 0 Å². The van der Waals surface area contributed by atoms with Crippen molar-refractivity contribution >= 4 is 58.8 Å². The molecule has 0 aliphatic rings. The van der Waals surface area contributed by atoms with Crippen LogP contribution in [-0.2, 0) is 57.4 Å². The van der Waals surface area contributed by atoms with Gasteiger partial charge in [0.05, 0.1) is 33.9 Å². The second kappa shape index (κ2) is 22.8. The summed E-state index contributed by atoms with van der Waals surface area (Å²) in [5.74, 6) is -6.41. The van der Waals surface area contributed by atoms with E-state index in [1.807, 2.05) is 0 Å². The second-order valence-electron chi connectivity index (χ2n) is 9.48. The van der Waals surface area contributed by atoms with Gasteiger partial charge in [0.15, 0.2) is 11.6 Å². The normalized spacial score (nSPS) is 10.1. The van der Waals surface area contributed by atoms with Gasteiger partial charge in [-0.15, -0.1) is 0 Å². The maximum Gasteiger partial charge on any atom is 0.325 e. The Hall–Kier alpha value is -4.74. The Morgan fingerprint density at radius 1 is 0.533 bits per heavy atom. The van der Waals surface area contributed by atoms with Gasteiger partial charge in [0.2, 0.25) is 29.5 Å². The molecule has 0 aliphatic heterocycles. The van der Waals surface area contributed by atoms with Crippen molar-refractivity contribution in [3.8, 4) is 0 Å². The fraction of sp³-hybridized carbons (Fsp3) is 0.630. The number of nitrogens with two attached hydrogens (primary N) is 1. The summed E-state index contributed by atoms with van der Waals surface area (Å²) in [6.07, 6.45) is -1.46. The zero-order valence-corrected chi connectivity index (χ0v) is 25.8. The number of hydrogen-bond acceptors (Lipinski definition) is 13. The molecule has 18 nitrogen and oxygen atoms in total. The molecular weight excluding hydrogens is 600 g/mol. The molecule has 5 N–H and O–H groups in total. The van der Waals surface area contributed by atoms with Crippen molar-refractivity contribution in [3.63, 3.8) is 0 Å². The third-order valence-electron chi connectivity index (χ3n) is 5.90. The maximum absolute atomic E-state index is 12.7. The van der Waals surface area contributed by atoms with Gasteiger partial charge in [-0.25, -0.2) is 0 Å². The van der Waals surface area contributed by atoms with E-state index in [9.17, 15) is 47.9 Å². The molecule has 0 aliphatic carbocycles. The molecule has 0 aromatic rings. The SMILES string of the molecule is CCNC(=O)CCC(=O)CNC(=O)CN(CC(=O)OC)C(=O)CCC(=O)CNC(=O)CN(CC(=O)OC)C(=O)CCC(=O)CN. The van der Waals surface area contributed by atoms with Crippen LogP contribution in [0.3, 0.4) is 0 Å². The average molecular weight is 643 g/mol. The van der Waals surface area contributed by atoms with Gasteiger partial charge in [-0.1, -0.05) is 0 Å². The molecule has 18 heteroatoms. The molecule has 0 saturated heterocycles. The number of rotatable bonds is 23. The first kappa shape index (κ1) is 40.3. The quantitative estimate of drug-likeness (QED) is 0.0786. The third-order valence-corrected chi connectivity index (χ3v) is 5.90. The average Bonchev–Trinajstić information content (AvgIpc) is 3.01. The van der Waals surface area contributed by atoms with E-state index < -0.39 is 98.6 Å². The number of nitrogens with one attached hydrogen (secondary N) is 3. The van der Waals surface area contributed by atoms with E-state index in [0.717, 1.165) is 24.0 Å². The Kier molecular flexibility index (Phi) is 20.4. The highest BCUT2D eigenvalue weighted by atomic mass is 16.5. The molecular formula is C27H42N6O12. The first-order valence-electron chi connectivity index (χ1n) is 14.0. The van der Waals surface area contributed by atoms with Crippen molar-refractivity contribution in [3.05, 3.63) is 0 Å². The van der Waals surface area contributed by atoms with E-state index in [0.29, 0.717) is 6.54 Å². The van der Waals surface area contributed by atoms with E-state index >= 15 is 0 Å². The van der Waals surface area contributed by atoms with Gasteiger partial charge < -0.3 is 41.0 Å². The van der Waals surface area contributed by atoms with Crippen LogP contribution >= 0.6 is 0 Å². The fourth-order valence-corrected chi connectivity index (χ4v) is 3.38. The molecule has 0 saturated carbocycles. The van der Waals surface area contributed by atoms with Crippen molar-refractivity contribution in [1.29, 1.82) is 0 Å². The third kappa shape index (κ3) is 19.2. The number of ketones is 3. The predicted octanol–water partition coefficient (Wildman–Crippen LogP) is -3.64. The van der Waals surface area contributed by atoms with E-state index in [1.54, 1.807) is 6.92 Å². The highest BCUT2D eigenvalue weighted by Crippen LogP contribution is 2.02. The Morgan fingerprint density at radius 2 is 0.933 bits per heavy atom. The smallest absolute Gasteiger partial charge is 0.325 e. The minimum absolute atomic E-state index is 0.0503. The maximum atomic E-state index is 12.7. The number of carbonyl (C=O) groups excluding carboxylic acids is 10. The summed E-state index contributed by atoms with van der Waals surface area (Å²) >= 11 is 0. The van der Waals surface area contributed by atoms with Gasteiger partial charge in [0.1, 0.15) is 32.0 Å². The molecule has 0 rings (SSSR count). The van der Waals surface area contributed by atoms with Crippen LogP contribution < -0.4 is 21.7 Å². The van der Waals surface area contributed by atoms with Crippen molar-refractivity contribution in [2.75, 3.05) is 66.6 Å². The highest BCUT2D eigenvalue weighted by Gasteiger charge is 2.23. The topological polar surface area (TPSA) is 258 Å². The van der Waals surface area contributed by atoms with Crippen LogP contribution in [0, 0.1) is 0 Å². The zero-order valence-electron chi connectivity index (χ0n) is 25.8. The van der Waals surface area contributed by atoms with Crippen LogP contribution in [0.4, 0.5) is 0 Å². The number of nitrogens with zero attached hydrogens (tertiary/aromatic N) is 2.